The van der Waals surface area contributed by atoms with E-state index in [1.165, 1.54) is 0 Å². The molecule has 1 atom stereocenters. The van der Waals surface area contributed by atoms with Crippen LogP contribution >= 0.6 is 11.3 Å². The van der Waals surface area contributed by atoms with Gasteiger partial charge in [-0.05, 0) is 43.7 Å². The first-order chi connectivity index (χ1) is 18.1. The van der Waals surface area contributed by atoms with Crippen molar-refractivity contribution in [2.45, 2.75) is 44.2 Å². The van der Waals surface area contributed by atoms with Gasteiger partial charge in [0.1, 0.15) is 12.2 Å². The van der Waals surface area contributed by atoms with Crippen molar-refractivity contribution in [1.29, 1.82) is 0 Å². The number of thiophene rings is 1. The van der Waals surface area contributed by atoms with E-state index in [1.807, 2.05) is 40.7 Å². The van der Waals surface area contributed by atoms with Crippen LogP contribution in [-0.2, 0) is 6.54 Å². The number of aromatic nitrogens is 6. The van der Waals surface area contributed by atoms with Crippen molar-refractivity contribution in [3.05, 3.63) is 70.4 Å². The second kappa shape index (κ2) is 10.5. The summed E-state index contributed by atoms with van der Waals surface area (Å²) in [5, 5.41) is 2.00. The van der Waals surface area contributed by atoms with Gasteiger partial charge in [-0.2, -0.15) is 0 Å². The average Bonchev–Trinajstić information content (AvgIpc) is 3.62. The maximum Gasteiger partial charge on any atom is 0.251 e. The fourth-order valence-electron chi connectivity index (χ4n) is 5.20. The molecule has 1 unspecified atom stereocenters. The van der Waals surface area contributed by atoms with Crippen molar-refractivity contribution in [3.63, 3.8) is 0 Å². The molecule has 2 aliphatic rings. The molecule has 0 saturated carbocycles. The number of nitrogens with zero attached hydrogens (tertiary/aromatic N) is 7. The molecule has 2 fully saturated rings. The van der Waals surface area contributed by atoms with E-state index in [9.17, 15) is 4.79 Å². The SMILES string of the molecule is NC1CCN(c2cnc(-n3cnc(CN4CCCC(c5nc(-c6cccs6)cc(=O)[nH]5)C4)c3)nc2)CC1. The second-order valence-corrected chi connectivity index (χ2v) is 10.9. The number of piperidine rings is 2. The van der Waals surface area contributed by atoms with Crippen LogP contribution in [0.4, 0.5) is 5.69 Å². The zero-order valence-electron chi connectivity index (χ0n) is 20.7. The highest BCUT2D eigenvalue weighted by atomic mass is 32.1. The summed E-state index contributed by atoms with van der Waals surface area (Å²) in [6, 6.07) is 5.86. The molecule has 0 spiro atoms. The third kappa shape index (κ3) is 5.48. The molecule has 10 nitrogen and oxygen atoms in total. The van der Waals surface area contributed by atoms with E-state index >= 15 is 0 Å². The molecule has 0 aromatic carbocycles. The number of likely N-dealkylation sites (tertiary alicyclic amines) is 1. The lowest BCUT2D eigenvalue weighted by Crippen LogP contribution is -2.39. The first-order valence-electron chi connectivity index (χ1n) is 12.8. The standard InChI is InChI=1S/C26H31N9OS/c27-19-5-8-34(9-6-19)21-12-28-26(29-13-21)35-16-20(30-17-35)15-33-7-1-3-18(14-33)25-31-22(11-24(36)32-25)23-4-2-10-37-23/h2,4,10-13,16-19H,1,3,5-9,14-15,27H2,(H,31,32,36). The summed E-state index contributed by atoms with van der Waals surface area (Å²) in [5.74, 6) is 1.57. The summed E-state index contributed by atoms with van der Waals surface area (Å²) in [5.41, 5.74) is 8.67. The largest absolute Gasteiger partial charge is 0.369 e. The molecule has 0 bridgehead atoms. The number of H-pyrrole nitrogens is 1. The smallest absolute Gasteiger partial charge is 0.251 e. The zero-order valence-corrected chi connectivity index (χ0v) is 21.5. The topological polar surface area (TPSA) is 122 Å². The minimum atomic E-state index is -0.0980. The Hall–Kier alpha value is -3.41. The van der Waals surface area contributed by atoms with Crippen molar-refractivity contribution in [3.8, 4) is 16.5 Å². The number of hydrogen-bond donors (Lipinski definition) is 2. The highest BCUT2D eigenvalue weighted by molar-refractivity contribution is 7.13. The highest BCUT2D eigenvalue weighted by Gasteiger charge is 2.24. The van der Waals surface area contributed by atoms with Crippen molar-refractivity contribution < 1.29 is 0 Å². The first kappa shape index (κ1) is 24.0. The fourth-order valence-corrected chi connectivity index (χ4v) is 5.88. The van der Waals surface area contributed by atoms with Crippen molar-refractivity contribution in [2.75, 3.05) is 31.1 Å². The highest BCUT2D eigenvalue weighted by Crippen LogP contribution is 2.28. The minimum Gasteiger partial charge on any atom is -0.369 e. The molecule has 0 radical (unpaired) electrons. The number of nitrogens with one attached hydrogen (secondary N) is 1. The molecule has 6 rings (SSSR count). The van der Waals surface area contributed by atoms with E-state index in [2.05, 4.69) is 29.7 Å². The van der Waals surface area contributed by atoms with Crippen LogP contribution in [0.1, 0.15) is 43.1 Å². The normalized spacial score (nSPS) is 19.4. The molecule has 37 heavy (non-hydrogen) atoms. The lowest BCUT2D eigenvalue weighted by atomic mass is 9.97. The van der Waals surface area contributed by atoms with E-state index < -0.39 is 0 Å². The maximum absolute atomic E-state index is 12.3. The third-order valence-corrected chi connectivity index (χ3v) is 8.10. The van der Waals surface area contributed by atoms with E-state index in [0.29, 0.717) is 12.0 Å². The molecule has 4 aromatic heterocycles. The maximum atomic E-state index is 12.3. The van der Waals surface area contributed by atoms with Crippen LogP contribution < -0.4 is 16.2 Å². The van der Waals surface area contributed by atoms with Gasteiger partial charge in [-0.25, -0.2) is 19.9 Å². The average molecular weight is 518 g/mol. The third-order valence-electron chi connectivity index (χ3n) is 7.21. The predicted octanol–water partition coefficient (Wildman–Crippen LogP) is 2.78. The van der Waals surface area contributed by atoms with Crippen molar-refractivity contribution in [2.24, 2.45) is 5.73 Å². The molecular weight excluding hydrogens is 486 g/mol. The van der Waals surface area contributed by atoms with Crippen LogP contribution in [0.2, 0.25) is 0 Å². The van der Waals surface area contributed by atoms with E-state index in [-0.39, 0.29) is 11.5 Å². The quantitative estimate of drug-likeness (QED) is 0.400. The van der Waals surface area contributed by atoms with Gasteiger partial charge < -0.3 is 15.6 Å². The van der Waals surface area contributed by atoms with Gasteiger partial charge in [0.2, 0.25) is 5.95 Å². The molecular formula is C26H31N9OS. The molecule has 2 aliphatic heterocycles. The van der Waals surface area contributed by atoms with Gasteiger partial charge in [-0.3, -0.25) is 14.3 Å². The molecule has 0 amide bonds. The van der Waals surface area contributed by atoms with Crippen LogP contribution in [0, 0.1) is 0 Å². The molecule has 3 N–H and O–H groups in total. The van der Waals surface area contributed by atoms with Gasteiger partial charge >= 0.3 is 0 Å². The fraction of sp³-hybridized carbons (Fsp3) is 0.423. The molecule has 4 aromatic rings. The second-order valence-electron chi connectivity index (χ2n) is 9.91. The van der Waals surface area contributed by atoms with Gasteiger partial charge in [0.25, 0.3) is 5.56 Å². The number of nitrogens with two attached hydrogens (primary N) is 1. The number of anilines is 1. The Morgan fingerprint density at radius 3 is 2.73 bits per heavy atom. The summed E-state index contributed by atoms with van der Waals surface area (Å²) >= 11 is 1.60. The lowest BCUT2D eigenvalue weighted by Gasteiger charge is -2.31. The Bertz CT molecular complexity index is 1370. The first-order valence-corrected chi connectivity index (χ1v) is 13.7. The molecule has 6 heterocycles. The summed E-state index contributed by atoms with van der Waals surface area (Å²) in [6.07, 6.45) is 11.6. The van der Waals surface area contributed by atoms with Crippen LogP contribution in [0.15, 0.2) is 53.3 Å². The predicted molar refractivity (Wildman–Crippen MR) is 144 cm³/mol. The van der Waals surface area contributed by atoms with Gasteiger partial charge in [-0.1, -0.05) is 6.07 Å². The minimum absolute atomic E-state index is 0.0980. The summed E-state index contributed by atoms with van der Waals surface area (Å²) < 4.78 is 1.87. The van der Waals surface area contributed by atoms with Crippen molar-refractivity contribution >= 4 is 17.0 Å². The molecule has 192 valence electrons. The van der Waals surface area contributed by atoms with Crippen molar-refractivity contribution in [1.82, 2.24) is 34.4 Å². The summed E-state index contributed by atoms with van der Waals surface area (Å²) in [7, 11) is 0. The Morgan fingerprint density at radius 1 is 1.11 bits per heavy atom. The molecule has 0 aliphatic carbocycles. The van der Waals surface area contributed by atoms with E-state index in [0.717, 1.165) is 86.2 Å². The number of rotatable bonds is 6. The van der Waals surface area contributed by atoms with E-state index in [1.54, 1.807) is 23.7 Å². The van der Waals surface area contributed by atoms with Gasteiger partial charge in [0.05, 0.1) is 34.3 Å². The van der Waals surface area contributed by atoms with Gasteiger partial charge in [0, 0.05) is 50.4 Å². The Balaban J connectivity index is 1.11. The Labute approximate surface area is 219 Å². The number of imidazole rings is 1. The Kier molecular flexibility index (Phi) is 6.81. The molecule has 11 heteroatoms. The van der Waals surface area contributed by atoms with E-state index in [4.69, 9.17) is 10.7 Å². The van der Waals surface area contributed by atoms with Crippen LogP contribution in [0.5, 0.6) is 0 Å². The zero-order chi connectivity index (χ0) is 25.2. The lowest BCUT2D eigenvalue weighted by molar-refractivity contribution is 0.194. The monoisotopic (exact) mass is 517 g/mol. The summed E-state index contributed by atoms with van der Waals surface area (Å²) in [6.45, 7) is 4.43. The summed E-state index contributed by atoms with van der Waals surface area (Å²) in [4.78, 5) is 39.6. The molecule has 2 saturated heterocycles. The number of hydrogen-bond acceptors (Lipinski definition) is 9. The van der Waals surface area contributed by atoms with Crippen LogP contribution in [0.25, 0.3) is 16.5 Å². The Morgan fingerprint density at radius 2 is 1.95 bits per heavy atom. The van der Waals surface area contributed by atoms with Gasteiger partial charge in [0.15, 0.2) is 0 Å². The number of aromatic amines is 1. The van der Waals surface area contributed by atoms with Crippen LogP contribution in [-0.4, -0.2) is 66.6 Å². The van der Waals surface area contributed by atoms with Crippen LogP contribution in [0.3, 0.4) is 0 Å². The van der Waals surface area contributed by atoms with Gasteiger partial charge in [-0.15, -0.1) is 11.3 Å².